The van der Waals surface area contributed by atoms with Crippen LogP contribution in [-0.4, -0.2) is 18.5 Å². The summed E-state index contributed by atoms with van der Waals surface area (Å²) in [5.74, 6) is -0.178. The van der Waals surface area contributed by atoms with E-state index < -0.39 is 0 Å². The number of halogens is 1. The minimum atomic E-state index is -0.216. The van der Waals surface area contributed by atoms with Gasteiger partial charge in [-0.15, -0.1) is 0 Å². The summed E-state index contributed by atoms with van der Waals surface area (Å²) in [7, 11) is 0. The summed E-state index contributed by atoms with van der Waals surface area (Å²) in [6.07, 6.45) is 3.60. The fourth-order valence-corrected chi connectivity index (χ4v) is 2.53. The number of nitrogens with one attached hydrogen (secondary N) is 2. The number of hydrogen-bond donors (Lipinski definition) is 2. The lowest BCUT2D eigenvalue weighted by Crippen LogP contribution is -2.44. The van der Waals surface area contributed by atoms with Crippen molar-refractivity contribution in [1.82, 2.24) is 10.6 Å². The quantitative estimate of drug-likeness (QED) is 0.877. The Morgan fingerprint density at radius 3 is 2.95 bits per heavy atom. The van der Waals surface area contributed by atoms with Gasteiger partial charge in [0.05, 0.1) is 6.04 Å². The van der Waals surface area contributed by atoms with Crippen molar-refractivity contribution in [3.05, 3.63) is 35.6 Å². The first-order chi connectivity index (χ1) is 9.22. The molecule has 1 aliphatic rings. The van der Waals surface area contributed by atoms with Crippen molar-refractivity contribution < 1.29 is 9.18 Å². The molecule has 2 N–H and O–H groups in total. The van der Waals surface area contributed by atoms with Crippen LogP contribution in [0.25, 0.3) is 0 Å². The molecule has 3 nitrogen and oxygen atoms in total. The van der Waals surface area contributed by atoms with Gasteiger partial charge in [0, 0.05) is 18.2 Å². The van der Waals surface area contributed by atoms with E-state index in [2.05, 4.69) is 10.6 Å². The van der Waals surface area contributed by atoms with Crippen LogP contribution in [0.5, 0.6) is 0 Å². The third kappa shape index (κ3) is 3.53. The van der Waals surface area contributed by atoms with Crippen LogP contribution >= 0.6 is 0 Å². The van der Waals surface area contributed by atoms with Crippen LogP contribution in [0.3, 0.4) is 0 Å². The molecule has 1 heterocycles. The van der Waals surface area contributed by atoms with Gasteiger partial charge in [-0.2, -0.15) is 0 Å². The van der Waals surface area contributed by atoms with Crippen LogP contribution in [-0.2, 0) is 4.79 Å². The van der Waals surface area contributed by atoms with E-state index in [1.165, 1.54) is 6.07 Å². The molecule has 2 rings (SSSR count). The molecule has 0 radical (unpaired) electrons. The standard InChI is InChI=1S/C15H21FN2O/c1-2-13(11-7-3-4-8-12(11)16)18-14-9-5-6-10-17-15(14)19/h3-4,7-8,13-14,18H,2,5-6,9-10H2,1H3,(H,17,19)/t13-,14+/m0/s1. The smallest absolute Gasteiger partial charge is 0.237 e. The fourth-order valence-electron chi connectivity index (χ4n) is 2.53. The number of amides is 1. The lowest BCUT2D eigenvalue weighted by Gasteiger charge is -2.23. The molecule has 0 aliphatic carbocycles. The monoisotopic (exact) mass is 264 g/mol. The third-order valence-corrected chi connectivity index (χ3v) is 3.63. The average Bonchev–Trinajstić information content (AvgIpc) is 2.62. The lowest BCUT2D eigenvalue weighted by molar-refractivity contribution is -0.123. The van der Waals surface area contributed by atoms with E-state index in [0.29, 0.717) is 5.56 Å². The van der Waals surface area contributed by atoms with E-state index in [9.17, 15) is 9.18 Å². The Morgan fingerprint density at radius 2 is 2.21 bits per heavy atom. The maximum atomic E-state index is 13.8. The molecule has 1 aliphatic heterocycles. The highest BCUT2D eigenvalue weighted by molar-refractivity contribution is 5.81. The van der Waals surface area contributed by atoms with Crippen LogP contribution in [0.15, 0.2) is 24.3 Å². The summed E-state index contributed by atoms with van der Waals surface area (Å²) in [5.41, 5.74) is 0.641. The van der Waals surface area contributed by atoms with E-state index >= 15 is 0 Å². The van der Waals surface area contributed by atoms with E-state index in [1.54, 1.807) is 12.1 Å². The summed E-state index contributed by atoms with van der Waals surface area (Å²) >= 11 is 0. The predicted molar refractivity (Wildman–Crippen MR) is 73.2 cm³/mol. The van der Waals surface area contributed by atoms with Crippen LogP contribution in [0.2, 0.25) is 0 Å². The zero-order chi connectivity index (χ0) is 13.7. The fraction of sp³-hybridized carbons (Fsp3) is 0.533. The second-order valence-electron chi connectivity index (χ2n) is 4.99. The Balaban J connectivity index is 2.10. The molecule has 2 atom stereocenters. The van der Waals surface area contributed by atoms with Gasteiger partial charge in [0.15, 0.2) is 0 Å². The SMILES string of the molecule is CC[C@H](N[C@@H]1CCCCNC1=O)c1ccccc1F. The van der Waals surface area contributed by atoms with Gasteiger partial charge in [0.1, 0.15) is 5.82 Å². The van der Waals surface area contributed by atoms with Crippen molar-refractivity contribution in [2.45, 2.75) is 44.7 Å². The molecule has 0 saturated carbocycles. The van der Waals surface area contributed by atoms with E-state index in [4.69, 9.17) is 0 Å². The molecule has 1 amide bonds. The molecular weight excluding hydrogens is 243 g/mol. The third-order valence-electron chi connectivity index (χ3n) is 3.63. The van der Waals surface area contributed by atoms with Crippen LogP contribution in [0.1, 0.15) is 44.2 Å². The van der Waals surface area contributed by atoms with Crippen molar-refractivity contribution in [1.29, 1.82) is 0 Å². The number of benzene rings is 1. The normalized spacial score (nSPS) is 21.6. The molecule has 0 aromatic heterocycles. The summed E-state index contributed by atoms with van der Waals surface area (Å²) in [6.45, 7) is 2.74. The maximum Gasteiger partial charge on any atom is 0.237 e. The molecule has 0 bridgehead atoms. The molecule has 0 spiro atoms. The minimum Gasteiger partial charge on any atom is -0.355 e. The first-order valence-corrected chi connectivity index (χ1v) is 7.00. The largest absolute Gasteiger partial charge is 0.355 e. The molecule has 104 valence electrons. The Morgan fingerprint density at radius 1 is 1.42 bits per heavy atom. The van der Waals surface area contributed by atoms with Crippen molar-refractivity contribution in [3.63, 3.8) is 0 Å². The zero-order valence-electron chi connectivity index (χ0n) is 11.3. The van der Waals surface area contributed by atoms with Crippen LogP contribution in [0, 0.1) is 5.82 Å². The molecule has 1 fully saturated rings. The Kier molecular flexibility index (Phi) is 4.91. The summed E-state index contributed by atoms with van der Waals surface area (Å²) in [5, 5.41) is 6.20. The number of rotatable bonds is 4. The molecule has 1 aromatic carbocycles. The highest BCUT2D eigenvalue weighted by atomic mass is 19.1. The van der Waals surface area contributed by atoms with Crippen molar-refractivity contribution in [3.8, 4) is 0 Å². The minimum absolute atomic E-state index is 0.0345. The maximum absolute atomic E-state index is 13.8. The Hall–Kier alpha value is -1.42. The molecule has 4 heteroatoms. The highest BCUT2D eigenvalue weighted by Crippen LogP contribution is 2.21. The number of carbonyl (C=O) groups excluding carboxylic acids is 1. The van der Waals surface area contributed by atoms with Gasteiger partial charge in [-0.25, -0.2) is 4.39 Å². The first-order valence-electron chi connectivity index (χ1n) is 7.00. The van der Waals surface area contributed by atoms with Gasteiger partial charge in [-0.1, -0.05) is 25.1 Å². The molecular formula is C15H21FN2O. The lowest BCUT2D eigenvalue weighted by atomic mass is 10.0. The Bertz CT molecular complexity index is 436. The van der Waals surface area contributed by atoms with Crippen molar-refractivity contribution >= 4 is 5.91 Å². The molecule has 1 saturated heterocycles. The highest BCUT2D eigenvalue weighted by Gasteiger charge is 2.24. The molecule has 0 unspecified atom stereocenters. The Labute approximate surface area is 113 Å². The first kappa shape index (κ1) is 14.0. The van der Waals surface area contributed by atoms with Gasteiger partial charge in [0.2, 0.25) is 5.91 Å². The van der Waals surface area contributed by atoms with Crippen LogP contribution in [0.4, 0.5) is 4.39 Å². The summed E-state index contributed by atoms with van der Waals surface area (Å²) < 4.78 is 13.8. The van der Waals surface area contributed by atoms with Gasteiger partial charge in [0.25, 0.3) is 0 Å². The van der Waals surface area contributed by atoms with Gasteiger partial charge in [-0.3, -0.25) is 10.1 Å². The van der Waals surface area contributed by atoms with Crippen LogP contribution < -0.4 is 10.6 Å². The summed E-state index contributed by atoms with van der Waals surface area (Å²) in [6, 6.07) is 6.43. The second-order valence-corrected chi connectivity index (χ2v) is 4.99. The van der Waals surface area contributed by atoms with Gasteiger partial charge in [-0.05, 0) is 31.7 Å². The zero-order valence-corrected chi connectivity index (χ0v) is 11.3. The summed E-state index contributed by atoms with van der Waals surface area (Å²) in [4.78, 5) is 11.9. The van der Waals surface area contributed by atoms with E-state index in [-0.39, 0.29) is 23.8 Å². The number of hydrogen-bond acceptors (Lipinski definition) is 2. The van der Waals surface area contributed by atoms with Crippen molar-refractivity contribution in [2.75, 3.05) is 6.54 Å². The molecule has 19 heavy (non-hydrogen) atoms. The number of carbonyl (C=O) groups is 1. The van der Waals surface area contributed by atoms with Crippen molar-refractivity contribution in [2.24, 2.45) is 0 Å². The van der Waals surface area contributed by atoms with Gasteiger partial charge >= 0.3 is 0 Å². The van der Waals surface area contributed by atoms with Gasteiger partial charge < -0.3 is 5.32 Å². The topological polar surface area (TPSA) is 41.1 Å². The molecule has 1 aromatic rings. The predicted octanol–water partition coefficient (Wildman–Crippen LogP) is 2.54. The second kappa shape index (κ2) is 6.66. The average molecular weight is 264 g/mol. The van der Waals surface area contributed by atoms with E-state index in [1.807, 2.05) is 13.0 Å². The van der Waals surface area contributed by atoms with E-state index in [0.717, 1.165) is 32.2 Å².